The van der Waals surface area contributed by atoms with E-state index < -0.39 is 22.7 Å². The summed E-state index contributed by atoms with van der Waals surface area (Å²) in [4.78, 5) is 12.6. The van der Waals surface area contributed by atoms with E-state index in [2.05, 4.69) is 31.2 Å². The molecule has 150 valence electrons. The molecule has 0 radical (unpaired) electrons. The molecule has 5 nitrogen and oxygen atoms in total. The number of aliphatic hydroxyl groups excluding tert-OH is 2. The predicted molar refractivity (Wildman–Crippen MR) is 110 cm³/mol. The number of benzene rings is 2. The molecule has 1 fully saturated rings. The average molecular weight is 403 g/mol. The molecule has 0 spiro atoms. The number of rotatable bonds is 6. The van der Waals surface area contributed by atoms with Crippen LogP contribution in [-0.4, -0.2) is 44.5 Å². The number of carbonyl (C=O) groups excluding carboxylic acids is 1. The lowest BCUT2D eigenvalue weighted by atomic mass is 9.96. The number of phenols is 1. The molecule has 0 unspecified atom stereocenters. The first-order valence-electron chi connectivity index (χ1n) is 9.47. The van der Waals surface area contributed by atoms with Gasteiger partial charge in [0.1, 0.15) is 11.5 Å². The first kappa shape index (κ1) is 20.7. The van der Waals surface area contributed by atoms with E-state index in [0.717, 1.165) is 29.3 Å². The van der Waals surface area contributed by atoms with Crippen molar-refractivity contribution < 1.29 is 24.9 Å². The summed E-state index contributed by atoms with van der Waals surface area (Å²) in [5, 5.41) is 29.1. The van der Waals surface area contributed by atoms with Gasteiger partial charge in [-0.25, -0.2) is 0 Å². The van der Waals surface area contributed by atoms with Crippen molar-refractivity contribution in [1.82, 2.24) is 0 Å². The van der Waals surface area contributed by atoms with Crippen molar-refractivity contribution in [1.29, 1.82) is 0 Å². The molecule has 0 aliphatic carbocycles. The zero-order valence-corrected chi connectivity index (χ0v) is 16.9. The van der Waals surface area contributed by atoms with Gasteiger partial charge < -0.3 is 20.1 Å². The van der Waals surface area contributed by atoms with Crippen LogP contribution in [0.3, 0.4) is 0 Å². The highest BCUT2D eigenvalue weighted by Crippen LogP contribution is 2.36. The molecule has 3 rings (SSSR count). The molecular formula is C22H26O5S. The molecule has 1 aliphatic heterocycles. The lowest BCUT2D eigenvalue weighted by Crippen LogP contribution is -2.48. The number of thioether (sulfide) groups is 1. The number of ether oxygens (including phenoxy) is 1. The van der Waals surface area contributed by atoms with E-state index in [4.69, 9.17) is 4.74 Å². The van der Waals surface area contributed by atoms with E-state index in [0.29, 0.717) is 12.2 Å². The van der Waals surface area contributed by atoms with Crippen LogP contribution in [0.4, 0.5) is 0 Å². The van der Waals surface area contributed by atoms with E-state index in [1.165, 1.54) is 11.6 Å². The standard InChI is InChI=1S/C22H26O5S/c1-3-14-4-6-15(7-5-14)10-16-8-9-17(24)11-18(16)27-22-21(26)13(2)20(25)19(12-23)28-22/h4-9,11,13,19-20,22-25H,3,10,12H2,1-2H3/t13-,19+,20-,22+/m0/s1. The van der Waals surface area contributed by atoms with Crippen LogP contribution in [0, 0.1) is 5.92 Å². The Labute approximate surface area is 169 Å². The second kappa shape index (κ2) is 8.99. The Morgan fingerprint density at radius 3 is 2.43 bits per heavy atom. The number of phenolic OH excluding ortho intramolecular Hbond substituents is 1. The summed E-state index contributed by atoms with van der Waals surface area (Å²) in [6.45, 7) is 3.52. The minimum Gasteiger partial charge on any atom is -0.508 e. The highest BCUT2D eigenvalue weighted by molar-refractivity contribution is 8.01. The number of carbonyl (C=O) groups is 1. The Hall–Kier alpha value is -2.02. The van der Waals surface area contributed by atoms with Crippen molar-refractivity contribution in [3.8, 4) is 11.5 Å². The third-order valence-corrected chi connectivity index (χ3v) is 6.52. The Morgan fingerprint density at radius 1 is 1.11 bits per heavy atom. The van der Waals surface area contributed by atoms with Gasteiger partial charge in [-0.1, -0.05) is 44.2 Å². The SMILES string of the molecule is CCc1ccc(Cc2ccc(O)cc2O[C@@H]2S[C@H](CO)[C@@H](O)[C@H](C)C2=O)cc1. The van der Waals surface area contributed by atoms with Crippen LogP contribution in [0.15, 0.2) is 42.5 Å². The van der Waals surface area contributed by atoms with Gasteiger partial charge in [-0.15, -0.1) is 11.8 Å². The van der Waals surface area contributed by atoms with Crippen molar-refractivity contribution in [3.05, 3.63) is 59.2 Å². The third-order valence-electron chi connectivity index (χ3n) is 5.16. The third kappa shape index (κ3) is 4.51. The molecule has 2 aromatic rings. The molecule has 1 aliphatic rings. The fourth-order valence-corrected chi connectivity index (χ4v) is 4.58. The summed E-state index contributed by atoms with van der Waals surface area (Å²) in [7, 11) is 0. The van der Waals surface area contributed by atoms with Gasteiger partial charge in [0.15, 0.2) is 5.78 Å². The van der Waals surface area contributed by atoms with E-state index in [1.807, 2.05) is 0 Å². The summed E-state index contributed by atoms with van der Waals surface area (Å²) in [5.41, 5.74) is 2.39. The van der Waals surface area contributed by atoms with Gasteiger partial charge in [0.2, 0.25) is 5.44 Å². The van der Waals surface area contributed by atoms with Gasteiger partial charge in [-0.05, 0) is 29.2 Å². The van der Waals surface area contributed by atoms with Crippen LogP contribution in [0.2, 0.25) is 0 Å². The largest absolute Gasteiger partial charge is 0.508 e. The van der Waals surface area contributed by atoms with E-state index in [-0.39, 0.29) is 18.1 Å². The van der Waals surface area contributed by atoms with Crippen molar-refractivity contribution in [2.45, 2.75) is 43.5 Å². The summed E-state index contributed by atoms with van der Waals surface area (Å²) in [6.07, 6.45) is 0.681. The van der Waals surface area contributed by atoms with Gasteiger partial charge in [-0.2, -0.15) is 0 Å². The van der Waals surface area contributed by atoms with Gasteiger partial charge >= 0.3 is 0 Å². The summed E-state index contributed by atoms with van der Waals surface area (Å²) in [6, 6.07) is 13.2. The zero-order chi connectivity index (χ0) is 20.3. The van der Waals surface area contributed by atoms with Crippen LogP contribution in [0.25, 0.3) is 0 Å². The molecule has 2 aromatic carbocycles. The molecule has 28 heavy (non-hydrogen) atoms. The number of hydrogen-bond donors (Lipinski definition) is 3. The van der Waals surface area contributed by atoms with E-state index in [1.54, 1.807) is 19.1 Å². The fraction of sp³-hybridized carbons (Fsp3) is 0.409. The second-order valence-corrected chi connectivity index (χ2v) is 8.43. The minimum atomic E-state index is -0.900. The van der Waals surface area contributed by atoms with E-state index >= 15 is 0 Å². The Bertz CT molecular complexity index is 820. The number of hydrogen-bond acceptors (Lipinski definition) is 6. The molecule has 4 atom stereocenters. The maximum atomic E-state index is 12.6. The number of Topliss-reactive ketones (excluding diaryl/α,β-unsaturated/α-hetero) is 1. The van der Waals surface area contributed by atoms with Crippen LogP contribution >= 0.6 is 11.8 Å². The first-order chi connectivity index (χ1) is 13.4. The van der Waals surface area contributed by atoms with Crippen LogP contribution in [0.5, 0.6) is 11.5 Å². The summed E-state index contributed by atoms with van der Waals surface area (Å²) < 4.78 is 5.98. The molecule has 0 aromatic heterocycles. The van der Waals surface area contributed by atoms with Gasteiger partial charge in [0.05, 0.1) is 18.0 Å². The highest BCUT2D eigenvalue weighted by Gasteiger charge is 2.42. The molecular weight excluding hydrogens is 376 g/mol. The smallest absolute Gasteiger partial charge is 0.203 e. The lowest BCUT2D eigenvalue weighted by Gasteiger charge is -2.35. The average Bonchev–Trinajstić information content (AvgIpc) is 2.71. The Balaban J connectivity index is 1.83. The van der Waals surface area contributed by atoms with Gasteiger partial charge in [-0.3, -0.25) is 4.79 Å². The highest BCUT2D eigenvalue weighted by atomic mass is 32.2. The maximum absolute atomic E-state index is 12.6. The minimum absolute atomic E-state index is 0.0557. The fourth-order valence-electron chi connectivity index (χ4n) is 3.28. The molecule has 0 amide bonds. The van der Waals surface area contributed by atoms with Crippen molar-refractivity contribution >= 4 is 17.5 Å². The Kier molecular flexibility index (Phi) is 6.65. The van der Waals surface area contributed by atoms with E-state index in [9.17, 15) is 20.1 Å². The van der Waals surface area contributed by atoms with Crippen LogP contribution in [-0.2, 0) is 17.6 Å². The quantitative estimate of drug-likeness (QED) is 0.689. The van der Waals surface area contributed by atoms with Crippen molar-refractivity contribution in [3.63, 3.8) is 0 Å². The lowest BCUT2D eigenvalue weighted by molar-refractivity contribution is -0.130. The molecule has 0 saturated carbocycles. The second-order valence-electron chi connectivity index (χ2n) is 7.13. The molecule has 6 heteroatoms. The molecule has 1 heterocycles. The number of aliphatic hydroxyl groups is 2. The Morgan fingerprint density at radius 2 is 1.79 bits per heavy atom. The monoisotopic (exact) mass is 402 g/mol. The normalized spacial score (nSPS) is 24.9. The topological polar surface area (TPSA) is 87.0 Å². The first-order valence-corrected chi connectivity index (χ1v) is 10.4. The number of aryl methyl sites for hydroxylation is 1. The molecule has 0 bridgehead atoms. The zero-order valence-electron chi connectivity index (χ0n) is 16.0. The van der Waals surface area contributed by atoms with Crippen molar-refractivity contribution in [2.75, 3.05) is 6.61 Å². The molecule has 1 saturated heterocycles. The van der Waals surface area contributed by atoms with Gasteiger partial charge in [0, 0.05) is 18.4 Å². The maximum Gasteiger partial charge on any atom is 0.203 e. The summed E-state index contributed by atoms with van der Waals surface area (Å²) >= 11 is 1.12. The van der Waals surface area contributed by atoms with Gasteiger partial charge in [0.25, 0.3) is 0 Å². The van der Waals surface area contributed by atoms with Crippen molar-refractivity contribution in [2.24, 2.45) is 5.92 Å². The van der Waals surface area contributed by atoms with Crippen LogP contribution < -0.4 is 4.74 Å². The molecule has 3 N–H and O–H groups in total. The summed E-state index contributed by atoms with van der Waals surface area (Å²) in [5.74, 6) is -0.347. The number of ketones is 1. The van der Waals surface area contributed by atoms with Crippen LogP contribution in [0.1, 0.15) is 30.5 Å². The predicted octanol–water partition coefficient (Wildman–Crippen LogP) is 2.92. The number of aromatic hydroxyl groups is 1.